The molecule has 0 spiro atoms. The molecule has 1 saturated heterocycles. The van der Waals surface area contributed by atoms with Gasteiger partial charge in [-0.05, 0) is 151 Å². The molecule has 1 heterocycles. The van der Waals surface area contributed by atoms with E-state index in [1.807, 2.05) is 12.1 Å². The number of nitrogens with one attached hydrogen (secondary N) is 1. The van der Waals surface area contributed by atoms with Gasteiger partial charge in [-0.15, -0.1) is 0 Å². The highest BCUT2D eigenvalue weighted by Crippen LogP contribution is 2.76. The zero-order chi connectivity index (χ0) is 35.2. The quantitative estimate of drug-likeness (QED) is 0.298. The third-order valence-electron chi connectivity index (χ3n) is 16.7. The topological polar surface area (TPSA) is 86.7 Å². The highest BCUT2D eigenvalue weighted by atomic mass is 32.2. The van der Waals surface area contributed by atoms with Gasteiger partial charge in [0.25, 0.3) is 0 Å². The fourth-order valence-electron chi connectivity index (χ4n) is 14.1. The first-order valence-corrected chi connectivity index (χ1v) is 21.4. The average Bonchev–Trinajstić information content (AvgIpc) is 3.42. The number of hydrogen-bond acceptors (Lipinski definition) is 4. The van der Waals surface area contributed by atoms with Crippen LogP contribution in [0.5, 0.6) is 0 Å². The molecule has 7 rings (SSSR count). The van der Waals surface area contributed by atoms with Crippen LogP contribution in [0.1, 0.15) is 135 Å². The van der Waals surface area contributed by atoms with Crippen molar-refractivity contribution >= 4 is 21.6 Å². The lowest BCUT2D eigenvalue weighted by Crippen LogP contribution is -2.68. The number of rotatable bonds is 7. The van der Waals surface area contributed by atoms with Crippen molar-refractivity contribution in [3.05, 3.63) is 41.5 Å². The number of carboxylic acids is 1. The summed E-state index contributed by atoms with van der Waals surface area (Å²) < 4.78 is 27.4. The van der Waals surface area contributed by atoms with Crippen LogP contribution in [0.15, 0.2) is 30.3 Å². The molecule has 5 aliphatic carbocycles. The number of fused-ring (bicyclic) bond motifs is 7. The van der Waals surface area contributed by atoms with Crippen LogP contribution in [0.2, 0.25) is 0 Å². The van der Waals surface area contributed by atoms with Gasteiger partial charge in [-0.2, -0.15) is 0 Å². The van der Waals surface area contributed by atoms with E-state index in [0.29, 0.717) is 54.0 Å². The summed E-state index contributed by atoms with van der Waals surface area (Å²) in [5, 5.41) is 13.6. The molecule has 5 fully saturated rings. The summed E-state index contributed by atoms with van der Waals surface area (Å²) >= 11 is 0. The molecule has 0 unspecified atom stereocenters. The fourth-order valence-corrected chi connectivity index (χ4v) is 15.7. The summed E-state index contributed by atoms with van der Waals surface area (Å²) in [6, 6.07) is 7.59. The van der Waals surface area contributed by atoms with Gasteiger partial charge in [0.05, 0.1) is 11.3 Å². The zero-order valence-electron chi connectivity index (χ0n) is 31.5. The Balaban J connectivity index is 1.16. The molecule has 49 heavy (non-hydrogen) atoms. The van der Waals surface area contributed by atoms with Crippen molar-refractivity contribution in [2.45, 2.75) is 125 Å². The minimum absolute atomic E-state index is 0.0124. The lowest BCUT2D eigenvalue weighted by molar-refractivity contribution is -0.221. The molecule has 6 nitrogen and oxygen atoms in total. The van der Waals surface area contributed by atoms with E-state index >= 15 is 0 Å². The second-order valence-corrected chi connectivity index (χ2v) is 21.2. The number of benzene rings is 1. The number of allylic oxidation sites excluding steroid dienone is 2. The minimum Gasteiger partial charge on any atom is -0.478 e. The van der Waals surface area contributed by atoms with E-state index in [2.05, 4.69) is 59.9 Å². The van der Waals surface area contributed by atoms with Crippen molar-refractivity contribution < 1.29 is 18.3 Å². The maximum absolute atomic E-state index is 12.8. The Kier molecular flexibility index (Phi) is 8.88. The molecule has 1 aromatic carbocycles. The van der Waals surface area contributed by atoms with E-state index in [1.165, 1.54) is 62.5 Å². The normalized spacial score (nSPS) is 42.8. The highest BCUT2D eigenvalue weighted by molar-refractivity contribution is 7.89. The number of nitrogens with zero attached hydrogens (tertiary/aromatic N) is 1. The van der Waals surface area contributed by atoms with Crippen LogP contribution in [0.4, 0.5) is 0 Å². The summed E-state index contributed by atoms with van der Waals surface area (Å²) in [7, 11) is -3.11. The zero-order valence-corrected chi connectivity index (χ0v) is 32.3. The molecule has 9 atom stereocenters. The maximum atomic E-state index is 12.8. The molecule has 0 bridgehead atoms. The van der Waals surface area contributed by atoms with Gasteiger partial charge in [-0.1, -0.05) is 66.7 Å². The standard InChI is InChI=1S/C42H64N2O4S/c1-28(2)31-16-21-42(43-24-26-44-25-8-9-27-49(44,47)48)23-22-40(6)33(36(31)42)14-15-35-39(5)19-17-32(29-10-12-30(13-11-29)37(45)46)38(3,4)34(39)18-20-41(35,40)7/h10-13,17,28,31,33-36,43H,8-9,14-16,18-27H2,1-7H3,(H,45,46)/t31-,33+,34-,35+,36+,39-,40+,41+,42-/m0/s1. The van der Waals surface area contributed by atoms with Crippen molar-refractivity contribution in [1.82, 2.24) is 9.62 Å². The van der Waals surface area contributed by atoms with Gasteiger partial charge in [-0.3, -0.25) is 0 Å². The number of aromatic carboxylic acids is 1. The molecule has 1 aromatic rings. The molecule has 4 saturated carbocycles. The molecule has 0 amide bonds. The summed E-state index contributed by atoms with van der Waals surface area (Å²) in [6.07, 6.45) is 15.6. The third kappa shape index (κ3) is 5.35. The monoisotopic (exact) mass is 692 g/mol. The maximum Gasteiger partial charge on any atom is 0.335 e. The van der Waals surface area contributed by atoms with Crippen molar-refractivity contribution in [3.8, 4) is 0 Å². The van der Waals surface area contributed by atoms with Gasteiger partial charge in [0, 0.05) is 25.2 Å². The lowest BCUT2D eigenvalue weighted by Gasteiger charge is -2.72. The SMILES string of the molecule is CC(C)[C@@H]1CC[C@]2(NCCN3CCCCS3(=O)=O)CC[C@]3(C)[C@H](CC[C@@H]4[C@@]5(C)CC=C(c6ccc(C(=O)O)cc6)C(C)(C)[C@@H]5CC[C@]43C)[C@@H]12. The van der Waals surface area contributed by atoms with E-state index in [9.17, 15) is 18.3 Å². The minimum atomic E-state index is -3.11. The van der Waals surface area contributed by atoms with Crippen molar-refractivity contribution in [2.24, 2.45) is 57.2 Å². The van der Waals surface area contributed by atoms with Gasteiger partial charge in [0.2, 0.25) is 10.0 Å². The molecule has 6 aliphatic rings. The first-order valence-electron chi connectivity index (χ1n) is 19.8. The Morgan fingerprint density at radius 3 is 2.33 bits per heavy atom. The summed E-state index contributed by atoms with van der Waals surface area (Å²) in [5.74, 6) is 3.42. The third-order valence-corrected chi connectivity index (χ3v) is 18.6. The highest BCUT2D eigenvalue weighted by Gasteiger charge is 2.70. The number of carbonyl (C=O) groups is 1. The Hall–Kier alpha value is -1.70. The summed E-state index contributed by atoms with van der Waals surface area (Å²) in [5.41, 5.74) is 3.86. The van der Waals surface area contributed by atoms with Crippen molar-refractivity contribution in [1.29, 1.82) is 0 Å². The van der Waals surface area contributed by atoms with Crippen LogP contribution >= 0.6 is 0 Å². The Labute approximate surface area is 297 Å². The van der Waals surface area contributed by atoms with Crippen molar-refractivity contribution in [2.75, 3.05) is 25.4 Å². The first kappa shape index (κ1) is 35.7. The predicted molar refractivity (Wildman–Crippen MR) is 199 cm³/mol. The molecular weight excluding hydrogens is 629 g/mol. The van der Waals surface area contributed by atoms with Crippen LogP contribution in [0.3, 0.4) is 0 Å². The summed E-state index contributed by atoms with van der Waals surface area (Å²) in [4.78, 5) is 11.6. The van der Waals surface area contributed by atoms with Gasteiger partial charge in [0.1, 0.15) is 0 Å². The van der Waals surface area contributed by atoms with Crippen LogP contribution < -0.4 is 5.32 Å². The van der Waals surface area contributed by atoms with E-state index in [1.54, 1.807) is 16.4 Å². The Morgan fingerprint density at radius 1 is 0.918 bits per heavy atom. The number of carboxylic acid groups (broad SMARTS) is 1. The molecule has 1 aliphatic heterocycles. The van der Waals surface area contributed by atoms with Crippen molar-refractivity contribution in [3.63, 3.8) is 0 Å². The second-order valence-electron chi connectivity index (χ2n) is 19.1. The van der Waals surface area contributed by atoms with E-state index < -0.39 is 16.0 Å². The number of hydrogen-bond donors (Lipinski definition) is 2. The van der Waals surface area contributed by atoms with Gasteiger partial charge in [-0.25, -0.2) is 17.5 Å². The van der Waals surface area contributed by atoms with E-state index in [4.69, 9.17) is 0 Å². The molecule has 272 valence electrons. The first-order chi connectivity index (χ1) is 23.0. The molecular formula is C42H64N2O4S. The van der Waals surface area contributed by atoms with Crippen LogP contribution in [0, 0.1) is 57.2 Å². The summed E-state index contributed by atoms with van der Waals surface area (Å²) in [6.45, 7) is 20.0. The van der Waals surface area contributed by atoms with Gasteiger partial charge in [0.15, 0.2) is 0 Å². The Morgan fingerprint density at radius 2 is 1.65 bits per heavy atom. The van der Waals surface area contributed by atoms with Gasteiger partial charge >= 0.3 is 5.97 Å². The lowest BCUT2D eigenvalue weighted by atomic mass is 9.33. The fraction of sp³-hybridized carbons (Fsp3) is 0.786. The average molecular weight is 693 g/mol. The molecule has 0 radical (unpaired) electrons. The largest absolute Gasteiger partial charge is 0.478 e. The predicted octanol–water partition coefficient (Wildman–Crippen LogP) is 8.88. The van der Waals surface area contributed by atoms with Crippen LogP contribution in [-0.4, -0.2) is 54.7 Å². The van der Waals surface area contributed by atoms with Crippen LogP contribution in [0.25, 0.3) is 5.57 Å². The molecule has 7 heteroatoms. The second kappa shape index (κ2) is 12.2. The Bertz CT molecular complexity index is 1580. The smallest absolute Gasteiger partial charge is 0.335 e. The van der Waals surface area contributed by atoms with Crippen LogP contribution in [-0.2, 0) is 10.0 Å². The van der Waals surface area contributed by atoms with E-state index in [-0.39, 0.29) is 27.2 Å². The molecule has 2 N–H and O–H groups in total. The number of sulfonamides is 1. The van der Waals surface area contributed by atoms with E-state index in [0.717, 1.165) is 31.7 Å². The molecule has 0 aromatic heterocycles. The van der Waals surface area contributed by atoms with Gasteiger partial charge < -0.3 is 10.4 Å².